The molecule has 0 spiro atoms. The Hall–Kier alpha value is -2.87. The minimum absolute atomic E-state index is 0.0740. The van der Waals surface area contributed by atoms with Crippen LogP contribution in [0.5, 0.6) is 5.75 Å². The molecule has 1 fully saturated rings. The van der Waals surface area contributed by atoms with Gasteiger partial charge in [-0.05, 0) is 66.8 Å². The van der Waals surface area contributed by atoms with Crippen molar-refractivity contribution in [3.63, 3.8) is 0 Å². The van der Waals surface area contributed by atoms with Gasteiger partial charge in [0.2, 0.25) is 0 Å². The molecule has 5 nitrogen and oxygen atoms in total. The first-order chi connectivity index (χ1) is 15.5. The number of anilines is 1. The lowest BCUT2D eigenvalue weighted by Crippen LogP contribution is -2.29. The summed E-state index contributed by atoms with van der Waals surface area (Å²) in [6.07, 6.45) is 1.74. The van der Waals surface area contributed by atoms with Gasteiger partial charge in [0, 0.05) is 21.3 Å². The zero-order chi connectivity index (χ0) is 22.2. The summed E-state index contributed by atoms with van der Waals surface area (Å²) in [5.74, 6) is 1.50. The molecule has 2 aromatic heterocycles. The van der Waals surface area contributed by atoms with E-state index in [2.05, 4.69) is 26.2 Å². The first-order valence-corrected chi connectivity index (χ1v) is 11.4. The van der Waals surface area contributed by atoms with Crippen LogP contribution in [0, 0.1) is 0 Å². The molecule has 0 unspecified atom stereocenters. The SMILES string of the molecule is Oc1ccc(Cl)cc1N1C(=S)N[C@@H](c2ccccn2)[C@H]1c1ccc(-c2ccc(Br)cc2)o1. The van der Waals surface area contributed by atoms with E-state index in [9.17, 15) is 5.11 Å². The number of rotatable bonds is 4. The second-order valence-electron chi connectivity index (χ2n) is 7.34. The third kappa shape index (κ3) is 3.88. The Bertz CT molecular complexity index is 1280. The summed E-state index contributed by atoms with van der Waals surface area (Å²) in [6.45, 7) is 0. The first kappa shape index (κ1) is 21.0. The van der Waals surface area contributed by atoms with Gasteiger partial charge in [-0.2, -0.15) is 0 Å². The minimum Gasteiger partial charge on any atom is -0.506 e. The van der Waals surface area contributed by atoms with Crippen LogP contribution in [-0.4, -0.2) is 15.2 Å². The molecule has 0 bridgehead atoms. The van der Waals surface area contributed by atoms with Gasteiger partial charge >= 0.3 is 0 Å². The molecule has 0 radical (unpaired) electrons. The van der Waals surface area contributed by atoms with Gasteiger partial charge in [0.1, 0.15) is 23.3 Å². The molecule has 0 saturated carbocycles. The standard InChI is InChI=1S/C24H17BrClN3O2S/c25-15-6-4-14(5-7-15)20-10-11-21(31-20)23-22(17-3-1-2-12-27-17)28-24(32)29(23)18-13-16(26)8-9-19(18)30/h1-13,22-23,30H,(H,28,32)/t22-,23+/m0/s1. The van der Waals surface area contributed by atoms with Gasteiger partial charge in [0.25, 0.3) is 0 Å². The van der Waals surface area contributed by atoms with Crippen molar-refractivity contribution in [2.45, 2.75) is 12.1 Å². The van der Waals surface area contributed by atoms with Crippen molar-refractivity contribution < 1.29 is 9.52 Å². The Morgan fingerprint density at radius 2 is 1.88 bits per heavy atom. The highest BCUT2D eigenvalue weighted by molar-refractivity contribution is 9.10. The van der Waals surface area contributed by atoms with Crippen LogP contribution in [-0.2, 0) is 0 Å². The lowest BCUT2D eigenvalue weighted by atomic mass is 10.0. The monoisotopic (exact) mass is 525 g/mol. The van der Waals surface area contributed by atoms with Crippen molar-refractivity contribution in [2.24, 2.45) is 0 Å². The number of furan rings is 1. The van der Waals surface area contributed by atoms with E-state index in [-0.39, 0.29) is 17.8 Å². The summed E-state index contributed by atoms with van der Waals surface area (Å²) in [4.78, 5) is 6.36. The molecule has 160 valence electrons. The fraction of sp³-hybridized carbons (Fsp3) is 0.0833. The van der Waals surface area contributed by atoms with Crippen LogP contribution < -0.4 is 10.2 Å². The van der Waals surface area contributed by atoms with E-state index < -0.39 is 0 Å². The largest absolute Gasteiger partial charge is 0.506 e. The Morgan fingerprint density at radius 3 is 2.62 bits per heavy atom. The molecule has 3 heterocycles. The molecule has 0 amide bonds. The van der Waals surface area contributed by atoms with Crippen LogP contribution in [0.15, 0.2) is 87.9 Å². The normalized spacial score (nSPS) is 18.1. The zero-order valence-corrected chi connectivity index (χ0v) is 19.7. The van der Waals surface area contributed by atoms with Crippen molar-refractivity contribution in [3.05, 3.63) is 99.9 Å². The maximum Gasteiger partial charge on any atom is 0.174 e. The van der Waals surface area contributed by atoms with E-state index in [1.165, 1.54) is 0 Å². The molecule has 5 rings (SSSR count). The molecule has 1 aliphatic heterocycles. The lowest BCUT2D eigenvalue weighted by Gasteiger charge is -2.26. The number of phenolic OH excluding ortho intramolecular Hbond substituents is 1. The zero-order valence-electron chi connectivity index (χ0n) is 16.6. The number of phenols is 1. The van der Waals surface area contributed by atoms with Crippen LogP contribution in [0.3, 0.4) is 0 Å². The summed E-state index contributed by atoms with van der Waals surface area (Å²) in [6, 6.07) is 21.7. The van der Waals surface area contributed by atoms with E-state index in [1.807, 2.05) is 59.5 Å². The van der Waals surface area contributed by atoms with Gasteiger partial charge in [0.05, 0.1) is 17.4 Å². The maximum atomic E-state index is 10.6. The number of aromatic nitrogens is 1. The van der Waals surface area contributed by atoms with Crippen molar-refractivity contribution in [1.82, 2.24) is 10.3 Å². The molecule has 4 aromatic rings. The number of nitrogens with one attached hydrogen (secondary N) is 1. The van der Waals surface area contributed by atoms with Gasteiger partial charge in [0.15, 0.2) is 5.11 Å². The molecule has 32 heavy (non-hydrogen) atoms. The second kappa shape index (κ2) is 8.58. The van der Waals surface area contributed by atoms with E-state index in [4.69, 9.17) is 28.2 Å². The van der Waals surface area contributed by atoms with Crippen LogP contribution in [0.1, 0.15) is 23.5 Å². The number of hydrogen-bond donors (Lipinski definition) is 2. The summed E-state index contributed by atoms with van der Waals surface area (Å²) in [5, 5.41) is 14.9. The summed E-state index contributed by atoms with van der Waals surface area (Å²) >= 11 is 15.4. The molecular weight excluding hydrogens is 510 g/mol. The van der Waals surface area contributed by atoms with E-state index in [0.717, 1.165) is 21.5 Å². The number of aromatic hydroxyl groups is 1. The van der Waals surface area contributed by atoms with Crippen molar-refractivity contribution in [2.75, 3.05) is 4.90 Å². The Labute approximate surface area is 203 Å². The number of hydrogen-bond acceptors (Lipinski definition) is 4. The molecule has 8 heteroatoms. The predicted octanol–water partition coefficient (Wildman–Crippen LogP) is 6.64. The molecule has 1 aliphatic rings. The van der Waals surface area contributed by atoms with Crippen molar-refractivity contribution >= 4 is 50.5 Å². The summed E-state index contributed by atoms with van der Waals surface area (Å²) < 4.78 is 7.31. The van der Waals surface area contributed by atoms with Gasteiger partial charge in [-0.1, -0.05) is 45.7 Å². The van der Waals surface area contributed by atoms with Gasteiger partial charge in [-0.25, -0.2) is 0 Å². The number of halogens is 2. The first-order valence-electron chi connectivity index (χ1n) is 9.86. The van der Waals surface area contributed by atoms with Gasteiger partial charge in [-0.3, -0.25) is 4.98 Å². The van der Waals surface area contributed by atoms with Gasteiger partial charge < -0.3 is 19.7 Å². The quantitative estimate of drug-likeness (QED) is 0.291. The molecule has 2 atom stereocenters. The van der Waals surface area contributed by atoms with Crippen molar-refractivity contribution in [3.8, 4) is 17.1 Å². The Kier molecular flexibility index (Phi) is 5.63. The minimum atomic E-state index is -0.383. The third-order valence-electron chi connectivity index (χ3n) is 5.34. The number of nitrogens with zero attached hydrogens (tertiary/aromatic N) is 2. The van der Waals surface area contributed by atoms with E-state index >= 15 is 0 Å². The molecule has 1 saturated heterocycles. The second-order valence-corrected chi connectivity index (χ2v) is 9.08. The average Bonchev–Trinajstić information content (AvgIpc) is 3.41. The van der Waals surface area contributed by atoms with Crippen LogP contribution in [0.4, 0.5) is 5.69 Å². The molecular formula is C24H17BrClN3O2S. The highest BCUT2D eigenvalue weighted by Crippen LogP contribution is 2.45. The Balaban J connectivity index is 1.62. The smallest absolute Gasteiger partial charge is 0.174 e. The van der Waals surface area contributed by atoms with Crippen LogP contribution >= 0.6 is 39.7 Å². The summed E-state index contributed by atoms with van der Waals surface area (Å²) in [7, 11) is 0. The Morgan fingerprint density at radius 1 is 1.06 bits per heavy atom. The number of pyridine rings is 1. The predicted molar refractivity (Wildman–Crippen MR) is 133 cm³/mol. The highest BCUT2D eigenvalue weighted by atomic mass is 79.9. The fourth-order valence-corrected chi connectivity index (χ4v) is 4.64. The van der Waals surface area contributed by atoms with Crippen LogP contribution in [0.2, 0.25) is 5.02 Å². The third-order valence-corrected chi connectivity index (χ3v) is 6.42. The maximum absolute atomic E-state index is 10.6. The van der Waals surface area contributed by atoms with Gasteiger partial charge in [-0.15, -0.1) is 0 Å². The molecule has 2 aromatic carbocycles. The average molecular weight is 527 g/mol. The number of benzene rings is 2. The molecule has 0 aliphatic carbocycles. The lowest BCUT2D eigenvalue weighted by molar-refractivity contribution is 0.434. The van der Waals surface area contributed by atoms with Crippen LogP contribution in [0.25, 0.3) is 11.3 Å². The number of thiocarbonyl (C=S) groups is 1. The van der Waals surface area contributed by atoms with E-state index in [1.54, 1.807) is 24.4 Å². The molecule has 2 N–H and O–H groups in total. The topological polar surface area (TPSA) is 61.5 Å². The highest BCUT2D eigenvalue weighted by Gasteiger charge is 2.43. The van der Waals surface area contributed by atoms with E-state index in [0.29, 0.717) is 21.6 Å². The fourth-order valence-electron chi connectivity index (χ4n) is 3.87. The summed E-state index contributed by atoms with van der Waals surface area (Å²) in [5.41, 5.74) is 2.27. The van der Waals surface area contributed by atoms with Crippen molar-refractivity contribution in [1.29, 1.82) is 0 Å².